The van der Waals surface area contributed by atoms with Gasteiger partial charge in [0.05, 0.1) is 5.54 Å². The molecule has 1 aliphatic rings. The molecule has 1 amide bonds. The van der Waals surface area contributed by atoms with Crippen LogP contribution in [0.1, 0.15) is 19.4 Å². The van der Waals surface area contributed by atoms with Gasteiger partial charge in [0.25, 0.3) is 0 Å². The van der Waals surface area contributed by atoms with Crippen molar-refractivity contribution >= 4 is 27.5 Å². The Bertz CT molecular complexity index is 501. The summed E-state index contributed by atoms with van der Waals surface area (Å²) in [7, 11) is 1.86. The molecule has 0 atom stereocenters. The molecule has 104 valence electrons. The zero-order valence-corrected chi connectivity index (χ0v) is 13.2. The van der Waals surface area contributed by atoms with E-state index in [0.29, 0.717) is 0 Å². The van der Waals surface area contributed by atoms with Crippen LogP contribution in [0.3, 0.4) is 0 Å². The summed E-state index contributed by atoms with van der Waals surface area (Å²) < 4.78 is 0.928. The SMILES string of the molecule is CN1CCN(Cc2cccc(N)c2Br)C(C)(C)C1=O. The average Bonchev–Trinajstić information content (AvgIpc) is 2.36. The molecule has 1 heterocycles. The third-order valence-electron chi connectivity index (χ3n) is 3.84. The van der Waals surface area contributed by atoms with E-state index in [1.807, 2.05) is 39.1 Å². The number of nitrogen functional groups attached to an aromatic ring is 1. The number of nitrogens with two attached hydrogens (primary N) is 1. The summed E-state index contributed by atoms with van der Waals surface area (Å²) >= 11 is 3.52. The number of hydrogen-bond acceptors (Lipinski definition) is 3. The van der Waals surface area contributed by atoms with Crippen LogP contribution >= 0.6 is 15.9 Å². The fourth-order valence-electron chi connectivity index (χ4n) is 2.46. The molecule has 0 aliphatic carbocycles. The van der Waals surface area contributed by atoms with Gasteiger partial charge in [0, 0.05) is 36.8 Å². The Morgan fingerprint density at radius 2 is 2.05 bits per heavy atom. The maximum atomic E-state index is 12.2. The predicted octanol–water partition coefficient (Wildman–Crippen LogP) is 2.08. The third kappa shape index (κ3) is 2.62. The molecular formula is C14H20BrN3O. The summed E-state index contributed by atoms with van der Waals surface area (Å²) in [6, 6.07) is 5.85. The molecule has 0 spiro atoms. The second kappa shape index (κ2) is 5.13. The van der Waals surface area contributed by atoms with Crippen molar-refractivity contribution in [1.82, 2.24) is 9.80 Å². The van der Waals surface area contributed by atoms with Crippen LogP contribution in [0.5, 0.6) is 0 Å². The molecule has 2 rings (SSSR count). The van der Waals surface area contributed by atoms with Crippen LogP contribution < -0.4 is 5.73 Å². The van der Waals surface area contributed by atoms with Crippen molar-refractivity contribution in [2.45, 2.75) is 25.9 Å². The number of rotatable bonds is 2. The first-order valence-corrected chi connectivity index (χ1v) is 7.17. The summed E-state index contributed by atoms with van der Waals surface area (Å²) in [5, 5.41) is 0. The second-order valence-electron chi connectivity index (χ2n) is 5.53. The van der Waals surface area contributed by atoms with Gasteiger partial charge in [0.15, 0.2) is 0 Å². The molecule has 1 saturated heterocycles. The normalized spacial score (nSPS) is 19.8. The molecule has 0 unspecified atom stereocenters. The monoisotopic (exact) mass is 325 g/mol. The quantitative estimate of drug-likeness (QED) is 0.847. The zero-order chi connectivity index (χ0) is 14.2. The van der Waals surface area contributed by atoms with Gasteiger partial charge in [-0.15, -0.1) is 0 Å². The number of hydrogen-bond donors (Lipinski definition) is 1. The molecule has 0 saturated carbocycles. The number of piperazine rings is 1. The molecule has 1 aromatic carbocycles. The van der Waals surface area contributed by atoms with E-state index in [9.17, 15) is 4.79 Å². The fourth-order valence-corrected chi connectivity index (χ4v) is 2.85. The Kier molecular flexibility index (Phi) is 3.87. The summed E-state index contributed by atoms with van der Waals surface area (Å²) in [5.74, 6) is 0.166. The van der Waals surface area contributed by atoms with Gasteiger partial charge in [0.2, 0.25) is 5.91 Å². The Morgan fingerprint density at radius 3 is 2.74 bits per heavy atom. The van der Waals surface area contributed by atoms with Crippen LogP contribution in [-0.2, 0) is 11.3 Å². The second-order valence-corrected chi connectivity index (χ2v) is 6.32. The molecule has 1 aliphatic heterocycles. The molecule has 19 heavy (non-hydrogen) atoms. The van der Waals surface area contributed by atoms with Crippen LogP contribution in [0.25, 0.3) is 0 Å². The molecule has 4 nitrogen and oxygen atoms in total. The van der Waals surface area contributed by atoms with Crippen LogP contribution in [0.4, 0.5) is 5.69 Å². The lowest BCUT2D eigenvalue weighted by atomic mass is 9.97. The maximum absolute atomic E-state index is 12.2. The van der Waals surface area contributed by atoms with Gasteiger partial charge in [-0.1, -0.05) is 12.1 Å². The first kappa shape index (κ1) is 14.3. The van der Waals surface area contributed by atoms with E-state index in [4.69, 9.17) is 5.73 Å². The molecule has 1 aromatic rings. The van der Waals surface area contributed by atoms with E-state index in [1.165, 1.54) is 0 Å². The smallest absolute Gasteiger partial charge is 0.242 e. The van der Waals surface area contributed by atoms with Gasteiger partial charge in [-0.25, -0.2) is 0 Å². The predicted molar refractivity (Wildman–Crippen MR) is 80.7 cm³/mol. The van der Waals surface area contributed by atoms with Crippen molar-refractivity contribution < 1.29 is 4.79 Å². The molecule has 0 radical (unpaired) electrons. The highest BCUT2D eigenvalue weighted by atomic mass is 79.9. The third-order valence-corrected chi connectivity index (χ3v) is 4.80. The van der Waals surface area contributed by atoms with Gasteiger partial charge in [0.1, 0.15) is 0 Å². The Balaban J connectivity index is 2.23. The number of halogens is 1. The van der Waals surface area contributed by atoms with E-state index in [0.717, 1.165) is 35.4 Å². The Morgan fingerprint density at radius 1 is 1.37 bits per heavy atom. The minimum Gasteiger partial charge on any atom is -0.398 e. The van der Waals surface area contributed by atoms with Gasteiger partial charge in [-0.3, -0.25) is 9.69 Å². The van der Waals surface area contributed by atoms with Gasteiger partial charge >= 0.3 is 0 Å². The number of anilines is 1. The topological polar surface area (TPSA) is 49.6 Å². The molecule has 0 aromatic heterocycles. The van der Waals surface area contributed by atoms with Gasteiger partial charge < -0.3 is 10.6 Å². The van der Waals surface area contributed by atoms with Crippen LogP contribution in [0, 0.1) is 0 Å². The van der Waals surface area contributed by atoms with Crippen molar-refractivity contribution in [1.29, 1.82) is 0 Å². The largest absolute Gasteiger partial charge is 0.398 e. The molecule has 2 N–H and O–H groups in total. The standard InChI is InChI=1S/C14H20BrN3O/c1-14(2)13(19)17(3)7-8-18(14)9-10-5-4-6-11(16)12(10)15/h4-6H,7-9,16H2,1-3H3. The minimum atomic E-state index is -0.475. The van der Waals surface area contributed by atoms with E-state index < -0.39 is 5.54 Å². The maximum Gasteiger partial charge on any atom is 0.242 e. The summed E-state index contributed by atoms with van der Waals surface area (Å²) in [6.07, 6.45) is 0. The average molecular weight is 326 g/mol. The van der Waals surface area contributed by atoms with Crippen molar-refractivity contribution in [2.75, 3.05) is 25.9 Å². The number of carbonyl (C=O) groups excluding carboxylic acids is 1. The molecular weight excluding hydrogens is 306 g/mol. The van der Waals surface area contributed by atoms with E-state index in [2.05, 4.69) is 20.8 Å². The minimum absolute atomic E-state index is 0.166. The number of benzene rings is 1. The number of amides is 1. The lowest BCUT2D eigenvalue weighted by Crippen LogP contribution is -2.61. The van der Waals surface area contributed by atoms with Crippen molar-refractivity contribution in [3.05, 3.63) is 28.2 Å². The molecule has 0 bridgehead atoms. The highest BCUT2D eigenvalue weighted by Crippen LogP contribution is 2.29. The molecule has 1 fully saturated rings. The number of carbonyl (C=O) groups is 1. The Labute approximate surface area is 122 Å². The van der Waals surface area contributed by atoms with Crippen LogP contribution in [0.2, 0.25) is 0 Å². The fraction of sp³-hybridized carbons (Fsp3) is 0.500. The molecule has 5 heteroatoms. The summed E-state index contributed by atoms with van der Waals surface area (Å²) in [4.78, 5) is 16.2. The van der Waals surface area contributed by atoms with E-state index in [1.54, 1.807) is 4.90 Å². The van der Waals surface area contributed by atoms with Crippen molar-refractivity contribution in [2.24, 2.45) is 0 Å². The number of nitrogens with zero attached hydrogens (tertiary/aromatic N) is 2. The highest BCUT2D eigenvalue weighted by molar-refractivity contribution is 9.10. The lowest BCUT2D eigenvalue weighted by Gasteiger charge is -2.44. The van der Waals surface area contributed by atoms with Crippen molar-refractivity contribution in [3.63, 3.8) is 0 Å². The van der Waals surface area contributed by atoms with E-state index >= 15 is 0 Å². The van der Waals surface area contributed by atoms with Crippen LogP contribution in [0.15, 0.2) is 22.7 Å². The Hall–Kier alpha value is -1.07. The lowest BCUT2D eigenvalue weighted by molar-refractivity contribution is -0.147. The summed E-state index contributed by atoms with van der Waals surface area (Å²) in [5.41, 5.74) is 7.28. The summed E-state index contributed by atoms with van der Waals surface area (Å²) in [6.45, 7) is 6.31. The first-order valence-electron chi connectivity index (χ1n) is 6.37. The van der Waals surface area contributed by atoms with Gasteiger partial charge in [-0.2, -0.15) is 0 Å². The first-order chi connectivity index (χ1) is 8.84. The highest BCUT2D eigenvalue weighted by Gasteiger charge is 2.40. The van der Waals surface area contributed by atoms with Crippen molar-refractivity contribution in [3.8, 4) is 0 Å². The van der Waals surface area contributed by atoms with E-state index in [-0.39, 0.29) is 5.91 Å². The number of likely N-dealkylation sites (N-methyl/N-ethyl adjacent to an activating group) is 1. The van der Waals surface area contributed by atoms with Crippen LogP contribution in [-0.4, -0.2) is 41.4 Å². The van der Waals surface area contributed by atoms with Gasteiger partial charge in [-0.05, 0) is 41.4 Å². The zero-order valence-electron chi connectivity index (χ0n) is 11.6.